The predicted octanol–water partition coefficient (Wildman–Crippen LogP) is 0.362. The Balaban J connectivity index is 2.18. The number of amides is 1. The van der Waals surface area contributed by atoms with E-state index in [1.54, 1.807) is 6.92 Å². The number of ether oxygens (including phenoxy) is 1. The molecular weight excluding hydrogens is 344 g/mol. The molecule has 1 saturated heterocycles. The molecule has 0 bridgehead atoms. The van der Waals surface area contributed by atoms with E-state index >= 15 is 0 Å². The van der Waals surface area contributed by atoms with Gasteiger partial charge in [-0.05, 0) is 18.4 Å². The van der Waals surface area contributed by atoms with E-state index in [2.05, 4.69) is 5.32 Å². The summed E-state index contributed by atoms with van der Waals surface area (Å²) in [6, 6.07) is 0.799. The number of carbonyl (C=O) groups excluding carboxylic acids is 1. The van der Waals surface area contributed by atoms with Crippen LogP contribution in [0.25, 0.3) is 0 Å². The van der Waals surface area contributed by atoms with Gasteiger partial charge in [-0.1, -0.05) is 0 Å². The second-order valence-corrected chi connectivity index (χ2v) is 7.93. The number of hydrogen-bond donors (Lipinski definition) is 2. The first-order valence-electron chi connectivity index (χ1n) is 7.00. The molecule has 2 rings (SSSR count). The van der Waals surface area contributed by atoms with Crippen molar-refractivity contribution in [2.45, 2.75) is 24.3 Å². The molecule has 8 nitrogen and oxygen atoms in total. The Morgan fingerprint density at radius 3 is 2.70 bits per heavy atom. The van der Waals surface area contributed by atoms with Crippen LogP contribution in [-0.2, 0) is 19.6 Å². The van der Waals surface area contributed by atoms with Gasteiger partial charge in [0.25, 0.3) is 5.91 Å². The third kappa shape index (κ3) is 4.28. The fourth-order valence-electron chi connectivity index (χ4n) is 2.19. The molecule has 23 heavy (non-hydrogen) atoms. The zero-order valence-corrected chi connectivity index (χ0v) is 14.2. The van der Waals surface area contributed by atoms with Crippen molar-refractivity contribution in [2.24, 2.45) is 0 Å². The second-order valence-electron chi connectivity index (χ2n) is 5.10. The van der Waals surface area contributed by atoms with Gasteiger partial charge in [0.2, 0.25) is 10.0 Å². The Morgan fingerprint density at radius 1 is 1.43 bits per heavy atom. The number of thiophene rings is 1. The largest absolute Gasteiger partial charge is 0.481 e. The quantitative estimate of drug-likeness (QED) is 0.756. The molecule has 1 aliphatic rings. The highest BCUT2D eigenvalue weighted by molar-refractivity contribution is 7.89. The lowest BCUT2D eigenvalue weighted by Gasteiger charge is -2.26. The van der Waals surface area contributed by atoms with E-state index in [1.807, 2.05) is 0 Å². The molecule has 0 saturated carbocycles. The first kappa shape index (κ1) is 17.9. The summed E-state index contributed by atoms with van der Waals surface area (Å²) in [6.07, 6.45) is -0.233. The molecule has 1 atom stereocenters. The summed E-state index contributed by atoms with van der Waals surface area (Å²) in [5, 5.41) is 12.8. The summed E-state index contributed by atoms with van der Waals surface area (Å²) in [5.41, 5.74) is 0. The van der Waals surface area contributed by atoms with E-state index in [1.165, 1.54) is 15.8 Å². The summed E-state index contributed by atoms with van der Waals surface area (Å²) in [4.78, 5) is 22.9. The van der Waals surface area contributed by atoms with Crippen LogP contribution < -0.4 is 5.32 Å². The molecule has 1 fully saturated rings. The first-order valence-corrected chi connectivity index (χ1v) is 9.32. The van der Waals surface area contributed by atoms with Crippen LogP contribution in [0.15, 0.2) is 16.3 Å². The minimum atomic E-state index is -3.77. The third-order valence-corrected chi connectivity index (χ3v) is 6.26. The van der Waals surface area contributed by atoms with Crippen molar-refractivity contribution in [2.75, 3.05) is 26.3 Å². The molecule has 2 heterocycles. The van der Waals surface area contributed by atoms with Crippen LogP contribution in [0, 0.1) is 0 Å². The van der Waals surface area contributed by atoms with Crippen molar-refractivity contribution in [1.82, 2.24) is 9.62 Å². The highest BCUT2D eigenvalue weighted by Crippen LogP contribution is 2.26. The molecule has 0 spiro atoms. The second kappa shape index (κ2) is 7.39. The van der Waals surface area contributed by atoms with Gasteiger partial charge in [-0.25, -0.2) is 8.42 Å². The SMILES string of the molecule is CC(CC(=O)O)NC(=O)c1sccc1S(=O)(=O)N1CCOCC1. The van der Waals surface area contributed by atoms with Gasteiger partial charge in [0.15, 0.2) is 0 Å². The summed E-state index contributed by atoms with van der Waals surface area (Å²) < 4.78 is 31.7. The maximum absolute atomic E-state index is 12.6. The molecule has 1 unspecified atom stereocenters. The van der Waals surface area contributed by atoms with Gasteiger partial charge in [-0.15, -0.1) is 11.3 Å². The van der Waals surface area contributed by atoms with Crippen LogP contribution in [-0.4, -0.2) is 62.1 Å². The number of carboxylic acid groups (broad SMARTS) is 1. The molecule has 1 aromatic heterocycles. The molecule has 1 aromatic rings. The molecule has 0 radical (unpaired) electrons. The monoisotopic (exact) mass is 362 g/mol. The van der Waals surface area contributed by atoms with E-state index < -0.39 is 27.9 Å². The zero-order valence-electron chi connectivity index (χ0n) is 12.5. The van der Waals surface area contributed by atoms with Crippen molar-refractivity contribution in [3.8, 4) is 0 Å². The molecule has 10 heteroatoms. The molecule has 1 amide bonds. The normalized spacial score (nSPS) is 17.6. The van der Waals surface area contributed by atoms with Gasteiger partial charge >= 0.3 is 5.97 Å². The highest BCUT2D eigenvalue weighted by atomic mass is 32.2. The highest BCUT2D eigenvalue weighted by Gasteiger charge is 2.31. The lowest BCUT2D eigenvalue weighted by Crippen LogP contribution is -2.41. The molecule has 1 aliphatic heterocycles. The fraction of sp³-hybridized carbons (Fsp3) is 0.538. The summed E-state index contributed by atoms with van der Waals surface area (Å²) >= 11 is 1.01. The van der Waals surface area contributed by atoms with Crippen molar-refractivity contribution in [3.63, 3.8) is 0 Å². The van der Waals surface area contributed by atoms with E-state index in [0.29, 0.717) is 13.2 Å². The summed E-state index contributed by atoms with van der Waals surface area (Å²) in [5.74, 6) is -1.62. The smallest absolute Gasteiger partial charge is 0.305 e. The van der Waals surface area contributed by atoms with E-state index in [0.717, 1.165) is 11.3 Å². The average molecular weight is 362 g/mol. The maximum Gasteiger partial charge on any atom is 0.305 e. The number of morpholine rings is 1. The Bertz CT molecular complexity index is 678. The summed E-state index contributed by atoms with van der Waals surface area (Å²) in [6.45, 7) is 2.68. The number of sulfonamides is 1. The fourth-order valence-corrected chi connectivity index (χ4v) is 4.91. The molecule has 2 N–H and O–H groups in total. The summed E-state index contributed by atoms with van der Waals surface area (Å²) in [7, 11) is -3.77. The topological polar surface area (TPSA) is 113 Å². The number of aliphatic carboxylic acids is 1. The first-order chi connectivity index (χ1) is 10.8. The predicted molar refractivity (Wildman–Crippen MR) is 83.1 cm³/mol. The van der Waals surface area contributed by atoms with Gasteiger partial charge in [0.1, 0.15) is 9.77 Å². The maximum atomic E-state index is 12.6. The Morgan fingerprint density at radius 2 is 2.09 bits per heavy atom. The standard InChI is InChI=1S/C13H18N2O6S2/c1-9(8-11(16)17)14-13(18)12-10(2-7-22-12)23(19,20)15-3-5-21-6-4-15/h2,7,9H,3-6,8H2,1H3,(H,14,18)(H,16,17). The van der Waals surface area contributed by atoms with Crippen LogP contribution in [0.2, 0.25) is 0 Å². The minimum Gasteiger partial charge on any atom is -0.481 e. The van der Waals surface area contributed by atoms with Gasteiger partial charge < -0.3 is 15.2 Å². The number of carboxylic acids is 1. The van der Waals surface area contributed by atoms with Crippen LogP contribution in [0.3, 0.4) is 0 Å². The van der Waals surface area contributed by atoms with Gasteiger partial charge in [-0.3, -0.25) is 9.59 Å². The Labute approximate surface area is 138 Å². The van der Waals surface area contributed by atoms with Crippen LogP contribution >= 0.6 is 11.3 Å². The van der Waals surface area contributed by atoms with Crippen LogP contribution in [0.4, 0.5) is 0 Å². The van der Waals surface area contributed by atoms with E-state index in [9.17, 15) is 18.0 Å². The van der Waals surface area contributed by atoms with Gasteiger partial charge in [0.05, 0.1) is 19.6 Å². The average Bonchev–Trinajstić information content (AvgIpc) is 2.97. The van der Waals surface area contributed by atoms with E-state index in [-0.39, 0.29) is 29.3 Å². The number of carbonyl (C=O) groups is 2. The van der Waals surface area contributed by atoms with Crippen molar-refractivity contribution in [1.29, 1.82) is 0 Å². The van der Waals surface area contributed by atoms with Crippen molar-refractivity contribution < 1.29 is 27.9 Å². The van der Waals surface area contributed by atoms with Crippen molar-refractivity contribution >= 4 is 33.2 Å². The van der Waals surface area contributed by atoms with Crippen molar-refractivity contribution in [3.05, 3.63) is 16.3 Å². The number of nitrogens with zero attached hydrogens (tertiary/aromatic N) is 1. The van der Waals surface area contributed by atoms with Crippen LogP contribution in [0.1, 0.15) is 23.0 Å². The van der Waals surface area contributed by atoms with E-state index in [4.69, 9.17) is 9.84 Å². The van der Waals surface area contributed by atoms with Crippen LogP contribution in [0.5, 0.6) is 0 Å². The molecule has 0 aliphatic carbocycles. The lowest BCUT2D eigenvalue weighted by atomic mass is 10.2. The van der Waals surface area contributed by atoms with Gasteiger partial charge in [-0.2, -0.15) is 4.31 Å². The minimum absolute atomic E-state index is 0.0515. The molecular formula is C13H18N2O6S2. The van der Waals surface area contributed by atoms with Gasteiger partial charge in [0, 0.05) is 19.1 Å². The third-order valence-electron chi connectivity index (χ3n) is 3.28. The molecule has 128 valence electrons. The number of rotatable bonds is 6. The number of nitrogens with one attached hydrogen (secondary N) is 1. The number of hydrogen-bond acceptors (Lipinski definition) is 6. The lowest BCUT2D eigenvalue weighted by molar-refractivity contribution is -0.137. The Hall–Kier alpha value is -1.49. The molecule has 0 aromatic carbocycles. The Kier molecular flexibility index (Phi) is 5.74. The zero-order chi connectivity index (χ0) is 17.0.